The van der Waals surface area contributed by atoms with Crippen molar-refractivity contribution in [1.82, 2.24) is 10.0 Å². The van der Waals surface area contributed by atoms with Gasteiger partial charge in [-0.15, -0.1) is 0 Å². The van der Waals surface area contributed by atoms with Crippen LogP contribution in [0.1, 0.15) is 10.4 Å². The standard InChI is InChI=1S/C12H18N2O4S/c1-18-9-7-14-19(16,17)10-8-13-12(15)11-5-3-2-4-6-11/h2-6,14H,7-10H2,1H3,(H,13,15). The van der Waals surface area contributed by atoms with Gasteiger partial charge in [-0.25, -0.2) is 13.1 Å². The molecule has 19 heavy (non-hydrogen) atoms. The molecule has 0 aliphatic heterocycles. The number of methoxy groups -OCH3 is 1. The molecule has 0 saturated heterocycles. The van der Waals surface area contributed by atoms with Crippen LogP contribution in [0.3, 0.4) is 0 Å². The Morgan fingerprint density at radius 3 is 2.53 bits per heavy atom. The Kier molecular flexibility index (Phi) is 6.48. The van der Waals surface area contributed by atoms with E-state index in [0.717, 1.165) is 0 Å². The molecule has 0 unspecified atom stereocenters. The summed E-state index contributed by atoms with van der Waals surface area (Å²) in [7, 11) is -1.88. The van der Waals surface area contributed by atoms with E-state index in [4.69, 9.17) is 4.74 Å². The van der Waals surface area contributed by atoms with Gasteiger partial charge in [0.25, 0.3) is 5.91 Å². The van der Waals surface area contributed by atoms with Crippen LogP contribution in [0.2, 0.25) is 0 Å². The zero-order valence-corrected chi connectivity index (χ0v) is 11.6. The first kappa shape index (κ1) is 15.6. The van der Waals surface area contributed by atoms with Crippen LogP contribution >= 0.6 is 0 Å². The summed E-state index contributed by atoms with van der Waals surface area (Å²) >= 11 is 0. The van der Waals surface area contributed by atoms with E-state index in [1.807, 2.05) is 0 Å². The van der Waals surface area contributed by atoms with E-state index in [1.54, 1.807) is 30.3 Å². The first-order chi connectivity index (χ1) is 9.05. The molecule has 0 atom stereocenters. The van der Waals surface area contributed by atoms with Crippen LogP contribution in [0.15, 0.2) is 30.3 Å². The van der Waals surface area contributed by atoms with E-state index in [0.29, 0.717) is 12.2 Å². The molecule has 6 nitrogen and oxygen atoms in total. The molecule has 0 saturated carbocycles. The van der Waals surface area contributed by atoms with E-state index in [1.165, 1.54) is 7.11 Å². The van der Waals surface area contributed by atoms with E-state index in [9.17, 15) is 13.2 Å². The van der Waals surface area contributed by atoms with Gasteiger partial charge in [0.15, 0.2) is 0 Å². The van der Waals surface area contributed by atoms with Crippen molar-refractivity contribution in [2.45, 2.75) is 0 Å². The highest BCUT2D eigenvalue weighted by Crippen LogP contribution is 1.97. The van der Waals surface area contributed by atoms with Gasteiger partial charge in [-0.1, -0.05) is 18.2 Å². The summed E-state index contributed by atoms with van der Waals surface area (Å²) in [6, 6.07) is 8.64. The third-order valence-electron chi connectivity index (χ3n) is 2.32. The number of carbonyl (C=O) groups is 1. The molecular weight excluding hydrogens is 268 g/mol. The third-order valence-corrected chi connectivity index (χ3v) is 3.71. The van der Waals surface area contributed by atoms with Gasteiger partial charge in [-0.2, -0.15) is 0 Å². The Labute approximate surface area is 113 Å². The molecule has 7 heteroatoms. The highest BCUT2D eigenvalue weighted by Gasteiger charge is 2.10. The third kappa shape index (κ3) is 6.32. The topological polar surface area (TPSA) is 84.5 Å². The molecule has 2 N–H and O–H groups in total. The van der Waals surface area contributed by atoms with E-state index >= 15 is 0 Å². The Balaban J connectivity index is 2.32. The maximum absolute atomic E-state index is 11.6. The fourth-order valence-electron chi connectivity index (χ4n) is 1.36. The number of hydrogen-bond donors (Lipinski definition) is 2. The molecule has 0 spiro atoms. The Morgan fingerprint density at radius 1 is 1.21 bits per heavy atom. The molecule has 0 aromatic heterocycles. The van der Waals surface area contributed by atoms with Crippen LogP contribution < -0.4 is 10.0 Å². The number of amides is 1. The SMILES string of the molecule is COCCNS(=O)(=O)CCNC(=O)c1ccccc1. The fraction of sp³-hybridized carbons (Fsp3) is 0.417. The van der Waals surface area contributed by atoms with Crippen LogP contribution in [-0.2, 0) is 14.8 Å². The van der Waals surface area contributed by atoms with Crippen molar-refractivity contribution in [3.05, 3.63) is 35.9 Å². The number of ether oxygens (including phenoxy) is 1. The van der Waals surface area contributed by atoms with Crippen molar-refractivity contribution in [2.24, 2.45) is 0 Å². The summed E-state index contributed by atoms with van der Waals surface area (Å²) in [5, 5.41) is 2.56. The minimum absolute atomic E-state index is 0.0655. The van der Waals surface area contributed by atoms with E-state index < -0.39 is 10.0 Å². The monoisotopic (exact) mass is 286 g/mol. The molecule has 0 heterocycles. The Bertz CT molecular complexity index is 488. The second-order valence-electron chi connectivity index (χ2n) is 3.83. The molecule has 0 bridgehead atoms. The fourth-order valence-corrected chi connectivity index (χ4v) is 2.27. The van der Waals surface area contributed by atoms with Gasteiger partial charge < -0.3 is 10.1 Å². The summed E-state index contributed by atoms with van der Waals surface area (Å²) < 4.78 is 30.1. The predicted octanol–water partition coefficient (Wildman–Crippen LogP) is -0.0178. The highest BCUT2D eigenvalue weighted by molar-refractivity contribution is 7.89. The van der Waals surface area contributed by atoms with Gasteiger partial charge in [0.2, 0.25) is 10.0 Å². The summed E-state index contributed by atoms with van der Waals surface area (Å²) in [4.78, 5) is 11.6. The number of benzene rings is 1. The summed E-state index contributed by atoms with van der Waals surface area (Å²) in [6.07, 6.45) is 0. The van der Waals surface area contributed by atoms with E-state index in [-0.39, 0.29) is 24.7 Å². The smallest absolute Gasteiger partial charge is 0.251 e. The zero-order chi connectivity index (χ0) is 14.1. The van der Waals surface area contributed by atoms with Crippen molar-refractivity contribution in [3.63, 3.8) is 0 Å². The quantitative estimate of drug-likeness (QED) is 0.658. The lowest BCUT2D eigenvalue weighted by Crippen LogP contribution is -2.35. The van der Waals surface area contributed by atoms with Gasteiger partial charge >= 0.3 is 0 Å². The summed E-state index contributed by atoms with van der Waals surface area (Å²) in [5.74, 6) is -0.442. The summed E-state index contributed by atoms with van der Waals surface area (Å²) in [6.45, 7) is 0.608. The van der Waals surface area contributed by atoms with Gasteiger partial charge in [0.05, 0.1) is 12.4 Å². The van der Waals surface area contributed by atoms with Gasteiger partial charge in [-0.3, -0.25) is 4.79 Å². The minimum atomic E-state index is -3.38. The molecule has 0 fully saturated rings. The van der Waals surface area contributed by atoms with Crippen LogP contribution in [0.25, 0.3) is 0 Å². The summed E-state index contributed by atoms with van der Waals surface area (Å²) in [5.41, 5.74) is 0.507. The average molecular weight is 286 g/mol. The molecule has 1 amide bonds. The van der Waals surface area contributed by atoms with Crippen molar-refractivity contribution in [1.29, 1.82) is 0 Å². The van der Waals surface area contributed by atoms with Crippen LogP contribution in [0.5, 0.6) is 0 Å². The van der Waals surface area contributed by atoms with Gasteiger partial charge in [0, 0.05) is 25.8 Å². The van der Waals surface area contributed by atoms with Crippen LogP contribution in [0, 0.1) is 0 Å². The molecule has 106 valence electrons. The molecule has 0 aliphatic rings. The average Bonchev–Trinajstić information content (AvgIpc) is 2.39. The maximum atomic E-state index is 11.6. The molecule has 1 rings (SSSR count). The van der Waals surface area contributed by atoms with Crippen LogP contribution in [-0.4, -0.2) is 46.9 Å². The first-order valence-electron chi connectivity index (χ1n) is 5.84. The van der Waals surface area contributed by atoms with Crippen LogP contribution in [0.4, 0.5) is 0 Å². The number of rotatable bonds is 8. The molecule has 0 radical (unpaired) electrons. The lowest BCUT2D eigenvalue weighted by molar-refractivity contribution is 0.0956. The molecule has 0 aliphatic carbocycles. The largest absolute Gasteiger partial charge is 0.383 e. The normalized spacial score (nSPS) is 11.2. The van der Waals surface area contributed by atoms with Crippen molar-refractivity contribution in [3.8, 4) is 0 Å². The number of nitrogens with one attached hydrogen (secondary N) is 2. The first-order valence-corrected chi connectivity index (χ1v) is 7.50. The second kappa shape index (κ2) is 7.88. The van der Waals surface area contributed by atoms with Gasteiger partial charge in [-0.05, 0) is 12.1 Å². The number of carbonyl (C=O) groups excluding carboxylic acids is 1. The lowest BCUT2D eigenvalue weighted by Gasteiger charge is -2.07. The Hall–Kier alpha value is -1.44. The lowest BCUT2D eigenvalue weighted by atomic mass is 10.2. The van der Waals surface area contributed by atoms with Crippen molar-refractivity contribution < 1.29 is 17.9 Å². The number of sulfonamides is 1. The maximum Gasteiger partial charge on any atom is 0.251 e. The minimum Gasteiger partial charge on any atom is -0.383 e. The molecular formula is C12H18N2O4S. The zero-order valence-electron chi connectivity index (χ0n) is 10.8. The predicted molar refractivity (Wildman–Crippen MR) is 72.4 cm³/mol. The number of hydrogen-bond acceptors (Lipinski definition) is 4. The second-order valence-corrected chi connectivity index (χ2v) is 5.75. The van der Waals surface area contributed by atoms with Gasteiger partial charge in [0.1, 0.15) is 0 Å². The molecule has 1 aromatic rings. The van der Waals surface area contributed by atoms with E-state index in [2.05, 4.69) is 10.0 Å². The molecule has 1 aromatic carbocycles. The highest BCUT2D eigenvalue weighted by atomic mass is 32.2. The Morgan fingerprint density at radius 2 is 1.89 bits per heavy atom. The van der Waals surface area contributed by atoms with Crippen molar-refractivity contribution in [2.75, 3.05) is 32.6 Å². The van der Waals surface area contributed by atoms with Crippen molar-refractivity contribution >= 4 is 15.9 Å².